The molecule has 0 fully saturated rings. The van der Waals surface area contributed by atoms with Crippen molar-refractivity contribution in [3.8, 4) is 0 Å². The van der Waals surface area contributed by atoms with Gasteiger partial charge in [0.25, 0.3) is 0 Å². The van der Waals surface area contributed by atoms with E-state index in [0.717, 1.165) is 37.7 Å². The average Bonchev–Trinajstić information content (AvgIpc) is 3.26. The predicted molar refractivity (Wildman–Crippen MR) is 126 cm³/mol. The van der Waals surface area contributed by atoms with Gasteiger partial charge in [0.15, 0.2) is 10.9 Å². The van der Waals surface area contributed by atoms with Gasteiger partial charge in [-0.25, -0.2) is 0 Å². The summed E-state index contributed by atoms with van der Waals surface area (Å²) < 4.78 is 0. The van der Waals surface area contributed by atoms with E-state index in [1.54, 1.807) is 0 Å². The van der Waals surface area contributed by atoms with Gasteiger partial charge in [-0.15, -0.1) is 0 Å². The zero-order chi connectivity index (χ0) is 20.0. The molecule has 138 valence electrons. The molecule has 30 heavy (non-hydrogen) atoms. The fourth-order valence-corrected chi connectivity index (χ4v) is 5.26. The molecule has 0 spiro atoms. The summed E-state index contributed by atoms with van der Waals surface area (Å²) >= 11 is 0. The summed E-state index contributed by atoms with van der Waals surface area (Å²) in [5.74, 6) is 0. The third kappa shape index (κ3) is 1.75. The van der Waals surface area contributed by atoms with Crippen LogP contribution in [0.3, 0.4) is 0 Å². The maximum Gasteiger partial charge on any atom is 0.194 e. The summed E-state index contributed by atoms with van der Waals surface area (Å²) in [6.45, 7) is 0. The van der Waals surface area contributed by atoms with Crippen molar-refractivity contribution in [2.75, 3.05) is 0 Å². The average molecular weight is 382 g/mol. The zero-order valence-corrected chi connectivity index (χ0v) is 15.9. The van der Waals surface area contributed by atoms with Crippen molar-refractivity contribution in [3.63, 3.8) is 0 Å². The number of benzene rings is 5. The molecule has 0 N–H and O–H groups in total. The molecule has 0 saturated carbocycles. The fraction of sp³-hybridized carbons (Fsp3) is 0. The van der Waals surface area contributed by atoms with E-state index in [2.05, 4.69) is 30.3 Å². The summed E-state index contributed by atoms with van der Waals surface area (Å²) in [5.41, 5.74) is 0.0738. The monoisotopic (exact) mass is 382 g/mol. The Kier molecular flexibility index (Phi) is 2.80. The van der Waals surface area contributed by atoms with Gasteiger partial charge in [0, 0.05) is 37.7 Å². The highest BCUT2D eigenvalue weighted by Crippen LogP contribution is 2.39. The van der Waals surface area contributed by atoms with Gasteiger partial charge in [-0.3, -0.25) is 9.59 Å². The second-order valence-electron chi connectivity index (χ2n) is 7.98. The van der Waals surface area contributed by atoms with Gasteiger partial charge in [-0.05, 0) is 45.1 Å². The Bertz CT molecular complexity index is 1930. The first-order valence-electron chi connectivity index (χ1n) is 10.0. The minimum absolute atomic E-state index is 0.0367. The SMILES string of the molecule is O=c1c2ccccc2c2c1ccc1c(=O)c3ccc4c5ccccc5ccc4c3c12. The molecule has 2 nitrogen and oxygen atoms in total. The lowest BCUT2D eigenvalue weighted by molar-refractivity contribution is 1.79. The van der Waals surface area contributed by atoms with Crippen LogP contribution in [0.5, 0.6) is 0 Å². The first-order valence-corrected chi connectivity index (χ1v) is 10.0. The van der Waals surface area contributed by atoms with E-state index in [0.29, 0.717) is 16.2 Å². The minimum atomic E-state index is 0.0367. The molecule has 0 bridgehead atoms. The van der Waals surface area contributed by atoms with Crippen LogP contribution in [0.15, 0.2) is 94.5 Å². The summed E-state index contributed by atoms with van der Waals surface area (Å²) in [6, 6.07) is 27.9. The Morgan fingerprint density at radius 1 is 0.333 bits per heavy atom. The van der Waals surface area contributed by atoms with Crippen molar-refractivity contribution in [2.45, 2.75) is 0 Å². The molecule has 0 radical (unpaired) electrons. The van der Waals surface area contributed by atoms with Crippen molar-refractivity contribution >= 4 is 64.6 Å². The normalized spacial score (nSPS) is 12.3. The van der Waals surface area contributed by atoms with Crippen molar-refractivity contribution < 1.29 is 0 Å². The third-order valence-corrected chi connectivity index (χ3v) is 6.56. The number of rotatable bonds is 0. The first kappa shape index (κ1) is 15.8. The molecule has 7 aromatic carbocycles. The van der Waals surface area contributed by atoms with Gasteiger partial charge in [-0.2, -0.15) is 0 Å². The lowest BCUT2D eigenvalue weighted by atomic mass is 9.97. The van der Waals surface area contributed by atoms with E-state index in [4.69, 9.17) is 0 Å². The van der Waals surface area contributed by atoms with Crippen LogP contribution >= 0.6 is 0 Å². The van der Waals surface area contributed by atoms with Gasteiger partial charge in [0.1, 0.15) is 0 Å². The van der Waals surface area contributed by atoms with Crippen LogP contribution in [-0.2, 0) is 0 Å². The second kappa shape index (κ2) is 5.31. The molecule has 0 heterocycles. The van der Waals surface area contributed by atoms with Crippen molar-refractivity contribution in [1.82, 2.24) is 0 Å². The lowest BCUT2D eigenvalue weighted by Gasteiger charge is -2.06. The molecular formula is C28H14O2. The number of hydrogen-bond acceptors (Lipinski definition) is 2. The Labute approximate surface area is 170 Å². The molecule has 7 rings (SSSR count). The van der Waals surface area contributed by atoms with Gasteiger partial charge >= 0.3 is 0 Å². The number of hydrogen-bond donors (Lipinski definition) is 0. The Morgan fingerprint density at radius 3 is 1.53 bits per heavy atom. The molecular weight excluding hydrogens is 368 g/mol. The molecule has 0 saturated heterocycles. The smallest absolute Gasteiger partial charge is 0.194 e. The Balaban J connectivity index is 1.87. The standard InChI is InChI=1S/C28H14O2/c29-27-20-8-4-3-7-18(20)24-21(27)13-14-23-26(24)25-19-10-9-15-5-1-2-6-16(15)17(19)11-12-22(25)28(23)30/h1-14H. The van der Waals surface area contributed by atoms with Gasteiger partial charge in [-0.1, -0.05) is 66.7 Å². The Morgan fingerprint density at radius 2 is 0.800 bits per heavy atom. The maximum absolute atomic E-state index is 13.3. The molecule has 2 heteroatoms. The lowest BCUT2D eigenvalue weighted by Crippen LogP contribution is -1.95. The quantitative estimate of drug-likeness (QED) is 0.293. The third-order valence-electron chi connectivity index (χ3n) is 6.56. The van der Waals surface area contributed by atoms with Crippen LogP contribution in [0.4, 0.5) is 0 Å². The maximum atomic E-state index is 13.3. The van der Waals surface area contributed by atoms with E-state index >= 15 is 0 Å². The van der Waals surface area contributed by atoms with Crippen molar-refractivity contribution in [2.24, 2.45) is 0 Å². The largest absolute Gasteiger partial charge is 0.289 e. The van der Waals surface area contributed by atoms with Crippen LogP contribution in [-0.4, -0.2) is 0 Å². The topological polar surface area (TPSA) is 34.1 Å². The van der Waals surface area contributed by atoms with E-state index < -0.39 is 0 Å². The van der Waals surface area contributed by atoms with Crippen LogP contribution < -0.4 is 10.9 Å². The fourth-order valence-electron chi connectivity index (χ4n) is 5.26. The first-order chi connectivity index (χ1) is 14.7. The van der Waals surface area contributed by atoms with Crippen LogP contribution in [0.1, 0.15) is 0 Å². The van der Waals surface area contributed by atoms with Gasteiger partial charge in [0.2, 0.25) is 0 Å². The van der Waals surface area contributed by atoms with Crippen molar-refractivity contribution in [3.05, 3.63) is 105 Å². The van der Waals surface area contributed by atoms with Crippen LogP contribution in [0, 0.1) is 0 Å². The highest BCUT2D eigenvalue weighted by atomic mass is 16.1. The summed E-state index contributed by atoms with van der Waals surface area (Å²) in [5, 5.41) is 11.0. The highest BCUT2D eigenvalue weighted by molar-refractivity contribution is 6.36. The van der Waals surface area contributed by atoms with E-state index in [-0.39, 0.29) is 10.9 Å². The van der Waals surface area contributed by atoms with Crippen molar-refractivity contribution in [1.29, 1.82) is 0 Å². The zero-order valence-electron chi connectivity index (χ0n) is 15.9. The minimum Gasteiger partial charge on any atom is -0.289 e. The van der Waals surface area contributed by atoms with E-state index in [1.807, 2.05) is 54.6 Å². The van der Waals surface area contributed by atoms with E-state index in [1.165, 1.54) is 10.8 Å². The van der Waals surface area contributed by atoms with Crippen LogP contribution in [0.2, 0.25) is 0 Å². The van der Waals surface area contributed by atoms with Gasteiger partial charge < -0.3 is 0 Å². The molecule has 0 amide bonds. The predicted octanol–water partition coefficient (Wildman–Crippen LogP) is 6.20. The highest BCUT2D eigenvalue weighted by Gasteiger charge is 2.20. The second-order valence-corrected chi connectivity index (χ2v) is 7.98. The molecule has 0 aliphatic carbocycles. The Hall–Kier alpha value is -4.04. The molecule has 0 aliphatic rings. The summed E-state index contributed by atoms with van der Waals surface area (Å²) in [6.07, 6.45) is 0. The number of fused-ring (bicyclic) bond motifs is 11. The molecule has 0 aromatic heterocycles. The molecule has 0 unspecified atom stereocenters. The van der Waals surface area contributed by atoms with Gasteiger partial charge in [0.05, 0.1) is 0 Å². The summed E-state index contributed by atoms with van der Waals surface area (Å²) in [7, 11) is 0. The molecule has 0 aliphatic heterocycles. The summed E-state index contributed by atoms with van der Waals surface area (Å²) in [4.78, 5) is 26.3. The van der Waals surface area contributed by atoms with E-state index in [9.17, 15) is 9.59 Å². The molecule has 7 aromatic rings. The van der Waals surface area contributed by atoms with Crippen LogP contribution in [0.25, 0.3) is 64.6 Å². The molecule has 0 atom stereocenters.